The summed E-state index contributed by atoms with van der Waals surface area (Å²) in [5.74, 6) is -0.692. The molecule has 0 aliphatic carbocycles. The maximum Gasteiger partial charge on any atom is 0.413 e. The molecule has 0 aliphatic heterocycles. The molecular weight excluding hydrogens is 298 g/mol. The monoisotopic (exact) mass is 322 g/mol. The largest absolute Gasteiger partial charge is 0.453 e. The zero-order valence-corrected chi connectivity index (χ0v) is 14.1. The van der Waals surface area contributed by atoms with E-state index in [-0.39, 0.29) is 12.5 Å². The van der Waals surface area contributed by atoms with Gasteiger partial charge in [0.2, 0.25) is 0 Å². The Balaban J connectivity index is 2.61. The fourth-order valence-corrected chi connectivity index (χ4v) is 1.97. The lowest BCUT2D eigenvalue weighted by atomic mass is 10.1. The molecule has 1 rings (SSSR count). The summed E-state index contributed by atoms with van der Waals surface area (Å²) < 4.78 is 4.38. The molecule has 23 heavy (non-hydrogen) atoms. The van der Waals surface area contributed by atoms with E-state index < -0.39 is 18.0 Å². The number of methoxy groups -OCH3 is 1. The minimum atomic E-state index is -0.811. The van der Waals surface area contributed by atoms with Crippen LogP contribution in [0.3, 0.4) is 0 Å². The van der Waals surface area contributed by atoms with Gasteiger partial charge in [0, 0.05) is 5.69 Å². The molecule has 3 N–H and O–H groups in total. The van der Waals surface area contributed by atoms with Gasteiger partial charge in [-0.3, -0.25) is 14.9 Å². The number of quaternary nitrogens is 1. The van der Waals surface area contributed by atoms with Gasteiger partial charge < -0.3 is 15.0 Å². The fraction of sp³-hybridized carbons (Fsp3) is 0.438. The van der Waals surface area contributed by atoms with Gasteiger partial charge in [0.05, 0.1) is 14.2 Å². The Bertz CT molecular complexity index is 601. The molecule has 0 fully saturated rings. The van der Waals surface area contributed by atoms with Crippen LogP contribution in [-0.4, -0.2) is 44.7 Å². The maximum absolute atomic E-state index is 12.1. The van der Waals surface area contributed by atoms with Crippen molar-refractivity contribution >= 4 is 23.6 Å². The van der Waals surface area contributed by atoms with Crippen LogP contribution in [0.1, 0.15) is 18.1 Å². The SMILES string of the molecule is COC(=O)NC(=O)[C@H](C)[NH+](C)CC(=O)Nc1cccc(C)c1C. The highest BCUT2D eigenvalue weighted by Gasteiger charge is 2.25. The van der Waals surface area contributed by atoms with Crippen molar-refractivity contribution in [3.05, 3.63) is 29.3 Å². The number of rotatable bonds is 5. The average molecular weight is 322 g/mol. The van der Waals surface area contributed by atoms with Gasteiger partial charge in [-0.25, -0.2) is 4.79 Å². The molecule has 126 valence electrons. The zero-order chi connectivity index (χ0) is 17.6. The molecule has 1 aromatic carbocycles. The first kappa shape index (κ1) is 18.6. The van der Waals surface area contributed by atoms with E-state index in [0.717, 1.165) is 16.8 Å². The number of carbonyl (C=O) groups excluding carboxylic acids is 3. The highest BCUT2D eigenvalue weighted by atomic mass is 16.5. The van der Waals surface area contributed by atoms with Crippen molar-refractivity contribution in [1.82, 2.24) is 5.32 Å². The van der Waals surface area contributed by atoms with Crippen LogP contribution in [0, 0.1) is 13.8 Å². The number of benzene rings is 1. The van der Waals surface area contributed by atoms with Crippen LogP contribution in [0.15, 0.2) is 18.2 Å². The van der Waals surface area contributed by atoms with Crippen LogP contribution in [0.2, 0.25) is 0 Å². The normalized spacial score (nSPS) is 12.9. The lowest BCUT2D eigenvalue weighted by Gasteiger charge is -2.20. The number of carbonyl (C=O) groups is 3. The first-order valence-corrected chi connectivity index (χ1v) is 7.33. The van der Waals surface area contributed by atoms with Crippen LogP contribution < -0.4 is 15.5 Å². The van der Waals surface area contributed by atoms with Crippen molar-refractivity contribution in [2.45, 2.75) is 26.8 Å². The lowest BCUT2D eigenvalue weighted by molar-refractivity contribution is -0.885. The number of anilines is 1. The highest BCUT2D eigenvalue weighted by Crippen LogP contribution is 2.17. The molecule has 7 nitrogen and oxygen atoms in total. The second-order valence-corrected chi connectivity index (χ2v) is 5.52. The van der Waals surface area contributed by atoms with Gasteiger partial charge >= 0.3 is 6.09 Å². The number of imide groups is 1. The van der Waals surface area contributed by atoms with Gasteiger partial charge in [-0.15, -0.1) is 0 Å². The van der Waals surface area contributed by atoms with Gasteiger partial charge in [0.15, 0.2) is 12.6 Å². The molecular formula is C16H24N3O4+. The number of hydrogen-bond acceptors (Lipinski definition) is 4. The van der Waals surface area contributed by atoms with E-state index in [2.05, 4.69) is 15.4 Å². The third-order valence-corrected chi connectivity index (χ3v) is 3.86. The molecule has 1 aromatic rings. The Hall–Kier alpha value is -2.41. The van der Waals surface area contributed by atoms with Gasteiger partial charge in [-0.1, -0.05) is 12.1 Å². The quantitative estimate of drug-likeness (QED) is 0.713. The fourth-order valence-electron chi connectivity index (χ4n) is 1.97. The third-order valence-electron chi connectivity index (χ3n) is 3.86. The number of ether oxygens (including phenoxy) is 1. The Morgan fingerprint density at radius 3 is 2.52 bits per heavy atom. The Morgan fingerprint density at radius 2 is 1.91 bits per heavy atom. The van der Waals surface area contributed by atoms with E-state index in [4.69, 9.17) is 0 Å². The summed E-state index contributed by atoms with van der Waals surface area (Å²) in [5.41, 5.74) is 2.86. The molecule has 2 atom stereocenters. The summed E-state index contributed by atoms with van der Waals surface area (Å²) in [6.07, 6.45) is -0.811. The summed E-state index contributed by atoms with van der Waals surface area (Å²) in [5, 5.41) is 4.94. The molecule has 0 radical (unpaired) electrons. The number of likely N-dealkylation sites (N-methyl/N-ethyl adjacent to an activating group) is 1. The van der Waals surface area contributed by atoms with E-state index in [1.807, 2.05) is 32.0 Å². The van der Waals surface area contributed by atoms with Crippen molar-refractivity contribution in [3.8, 4) is 0 Å². The van der Waals surface area contributed by atoms with E-state index in [1.54, 1.807) is 14.0 Å². The Kier molecular flexibility index (Phi) is 6.71. The second-order valence-electron chi connectivity index (χ2n) is 5.52. The molecule has 0 aromatic heterocycles. The number of alkyl carbamates (subject to hydrolysis) is 1. The molecule has 0 saturated heterocycles. The lowest BCUT2D eigenvalue weighted by Crippen LogP contribution is -3.15. The minimum Gasteiger partial charge on any atom is -0.453 e. The van der Waals surface area contributed by atoms with Crippen molar-refractivity contribution < 1.29 is 24.0 Å². The Morgan fingerprint density at radius 1 is 1.26 bits per heavy atom. The van der Waals surface area contributed by atoms with Crippen LogP contribution in [0.4, 0.5) is 10.5 Å². The highest BCUT2D eigenvalue weighted by molar-refractivity contribution is 5.94. The average Bonchev–Trinajstić information content (AvgIpc) is 2.50. The topological polar surface area (TPSA) is 88.9 Å². The smallest absolute Gasteiger partial charge is 0.413 e. The van der Waals surface area contributed by atoms with Gasteiger partial charge in [-0.2, -0.15) is 0 Å². The Labute approximate surface area is 136 Å². The van der Waals surface area contributed by atoms with Crippen molar-refractivity contribution in [2.75, 3.05) is 26.0 Å². The van der Waals surface area contributed by atoms with E-state index >= 15 is 0 Å². The summed E-state index contributed by atoms with van der Waals surface area (Å²) >= 11 is 0. The molecule has 7 heteroatoms. The summed E-state index contributed by atoms with van der Waals surface area (Å²) in [7, 11) is 2.89. The second kappa shape index (κ2) is 8.28. The molecule has 0 heterocycles. The third kappa shape index (κ3) is 5.37. The predicted octanol–water partition coefficient (Wildman–Crippen LogP) is 0.0277. The molecule has 0 spiro atoms. The van der Waals surface area contributed by atoms with E-state index in [0.29, 0.717) is 4.90 Å². The number of nitrogens with one attached hydrogen (secondary N) is 3. The van der Waals surface area contributed by atoms with Gasteiger partial charge in [0.25, 0.3) is 11.8 Å². The molecule has 0 bridgehead atoms. The molecule has 3 amide bonds. The molecule has 1 unspecified atom stereocenters. The zero-order valence-electron chi connectivity index (χ0n) is 14.1. The first-order chi connectivity index (χ1) is 10.8. The maximum atomic E-state index is 12.1. The number of aryl methyl sites for hydroxylation is 1. The van der Waals surface area contributed by atoms with Gasteiger partial charge in [-0.05, 0) is 38.0 Å². The van der Waals surface area contributed by atoms with E-state index in [1.165, 1.54) is 7.11 Å². The van der Waals surface area contributed by atoms with Crippen LogP contribution >= 0.6 is 0 Å². The van der Waals surface area contributed by atoms with Crippen LogP contribution in [0.5, 0.6) is 0 Å². The van der Waals surface area contributed by atoms with Crippen LogP contribution in [-0.2, 0) is 14.3 Å². The minimum absolute atomic E-state index is 0.100. The van der Waals surface area contributed by atoms with Crippen molar-refractivity contribution in [2.24, 2.45) is 0 Å². The molecule has 0 saturated carbocycles. The number of hydrogen-bond donors (Lipinski definition) is 3. The number of amides is 3. The molecule has 0 aliphatic rings. The summed E-state index contributed by atoms with van der Waals surface area (Å²) in [6.45, 7) is 5.65. The van der Waals surface area contributed by atoms with Crippen molar-refractivity contribution in [3.63, 3.8) is 0 Å². The summed E-state index contributed by atoms with van der Waals surface area (Å²) in [6, 6.07) is 5.12. The predicted molar refractivity (Wildman–Crippen MR) is 86.3 cm³/mol. The van der Waals surface area contributed by atoms with Crippen LogP contribution in [0.25, 0.3) is 0 Å². The van der Waals surface area contributed by atoms with Gasteiger partial charge in [0.1, 0.15) is 0 Å². The van der Waals surface area contributed by atoms with E-state index in [9.17, 15) is 14.4 Å². The standard InChI is InChI=1S/C16H23N3O4/c1-10-7-6-8-13(11(10)2)17-14(20)9-19(4)12(3)15(21)18-16(22)23-5/h6-8,12H,9H2,1-5H3,(H,17,20)(H,18,21,22)/p+1/t12-/m0/s1. The summed E-state index contributed by atoms with van der Waals surface area (Å²) in [4.78, 5) is 35.7. The first-order valence-electron chi connectivity index (χ1n) is 7.33. The van der Waals surface area contributed by atoms with Crippen molar-refractivity contribution in [1.29, 1.82) is 0 Å².